The van der Waals surface area contributed by atoms with E-state index in [9.17, 15) is 5.11 Å². The molecule has 0 bridgehead atoms. The van der Waals surface area contributed by atoms with Gasteiger partial charge in [-0.2, -0.15) is 0 Å². The molecule has 0 saturated carbocycles. The fraction of sp³-hybridized carbons (Fsp3) is 0.870. The Morgan fingerprint density at radius 3 is 0.840 bits per heavy atom. The topological polar surface area (TPSA) is 47.9 Å². The molecule has 0 aliphatic heterocycles. The Labute approximate surface area is 312 Å². The van der Waals surface area contributed by atoms with Gasteiger partial charge in [-0.1, -0.05) is 213 Å². The molecule has 0 spiro atoms. The quantitative estimate of drug-likeness (QED) is 0.0692. The molecule has 1 rings (SSSR count). The Kier molecular flexibility index (Phi) is 34.8. The molecule has 1 aromatic rings. The third-order valence-electron chi connectivity index (χ3n) is 10.3. The van der Waals surface area contributed by atoms with Crippen molar-refractivity contribution in [2.45, 2.75) is 239 Å². The highest BCUT2D eigenvalue weighted by Crippen LogP contribution is 2.39. The number of hydrogen-bond acceptors (Lipinski definition) is 4. The lowest BCUT2D eigenvalue weighted by atomic mass is 10.1. The molecule has 0 fully saturated rings. The Morgan fingerprint density at radius 2 is 0.580 bits per heavy atom. The highest BCUT2D eigenvalue weighted by Gasteiger charge is 2.16. The van der Waals surface area contributed by atoms with Crippen molar-refractivity contribution >= 4 is 0 Å². The van der Waals surface area contributed by atoms with Gasteiger partial charge in [-0.3, -0.25) is 0 Å². The Morgan fingerprint density at radius 1 is 0.340 bits per heavy atom. The minimum Gasteiger partial charge on any atom is -0.490 e. The molecule has 0 amide bonds. The standard InChI is InChI=1S/C46H86O4/c1-4-7-10-13-16-19-22-25-28-31-34-37-48-44-40-43(42-47)41-45(49-38-35-32-29-26-23-20-17-14-11-8-5-2)46(44)50-39-36-33-30-27-24-21-18-15-12-9-6-3/h40-41,47H,4-39,42H2,1-3H3. The van der Waals surface area contributed by atoms with Crippen molar-refractivity contribution in [3.63, 3.8) is 0 Å². The molecule has 0 radical (unpaired) electrons. The second-order valence-corrected chi connectivity index (χ2v) is 15.2. The van der Waals surface area contributed by atoms with Crippen LogP contribution < -0.4 is 14.2 Å². The van der Waals surface area contributed by atoms with Gasteiger partial charge in [-0.15, -0.1) is 0 Å². The zero-order chi connectivity index (χ0) is 36.0. The first-order valence-corrected chi connectivity index (χ1v) is 22.4. The van der Waals surface area contributed by atoms with Crippen LogP contribution in [0.15, 0.2) is 12.1 Å². The van der Waals surface area contributed by atoms with Gasteiger partial charge in [0.1, 0.15) is 0 Å². The Balaban J connectivity index is 2.51. The summed E-state index contributed by atoms with van der Waals surface area (Å²) in [6, 6.07) is 3.92. The summed E-state index contributed by atoms with van der Waals surface area (Å²) >= 11 is 0. The van der Waals surface area contributed by atoms with Gasteiger partial charge in [0.05, 0.1) is 26.4 Å². The van der Waals surface area contributed by atoms with E-state index < -0.39 is 0 Å². The van der Waals surface area contributed by atoms with E-state index in [1.54, 1.807) is 0 Å². The molecule has 1 N–H and O–H groups in total. The second kappa shape index (κ2) is 37.3. The van der Waals surface area contributed by atoms with Crippen LogP contribution in [0.4, 0.5) is 0 Å². The average Bonchev–Trinajstić information content (AvgIpc) is 3.13. The van der Waals surface area contributed by atoms with Crippen LogP contribution in [0.25, 0.3) is 0 Å². The van der Waals surface area contributed by atoms with E-state index in [1.165, 1.54) is 193 Å². The van der Waals surface area contributed by atoms with E-state index in [0.717, 1.165) is 42.1 Å². The molecule has 0 saturated heterocycles. The predicted molar refractivity (Wildman–Crippen MR) is 218 cm³/mol. The molecule has 1 aromatic carbocycles. The minimum absolute atomic E-state index is 0.0253. The lowest BCUT2D eigenvalue weighted by Crippen LogP contribution is -2.07. The molecular formula is C46H86O4. The van der Waals surface area contributed by atoms with Crippen LogP contribution in [0.5, 0.6) is 17.2 Å². The molecule has 0 aliphatic rings. The van der Waals surface area contributed by atoms with Gasteiger partial charge in [0.25, 0.3) is 0 Å². The van der Waals surface area contributed by atoms with Gasteiger partial charge in [0.15, 0.2) is 11.5 Å². The molecule has 4 nitrogen and oxygen atoms in total. The summed E-state index contributed by atoms with van der Waals surface area (Å²) in [7, 11) is 0. The van der Waals surface area contributed by atoms with E-state index in [4.69, 9.17) is 14.2 Å². The monoisotopic (exact) mass is 703 g/mol. The smallest absolute Gasteiger partial charge is 0.203 e. The summed E-state index contributed by atoms with van der Waals surface area (Å²) in [5.74, 6) is 2.21. The number of aliphatic hydroxyl groups is 1. The third-order valence-corrected chi connectivity index (χ3v) is 10.3. The highest BCUT2D eigenvalue weighted by molar-refractivity contribution is 5.54. The van der Waals surface area contributed by atoms with Crippen LogP contribution in [-0.4, -0.2) is 24.9 Å². The summed E-state index contributed by atoms with van der Waals surface area (Å²) in [4.78, 5) is 0. The normalized spacial score (nSPS) is 11.4. The number of benzene rings is 1. The van der Waals surface area contributed by atoms with Crippen LogP contribution >= 0.6 is 0 Å². The first kappa shape index (κ1) is 46.6. The van der Waals surface area contributed by atoms with E-state index >= 15 is 0 Å². The van der Waals surface area contributed by atoms with Gasteiger partial charge in [0, 0.05) is 0 Å². The van der Waals surface area contributed by atoms with Crippen molar-refractivity contribution in [2.24, 2.45) is 0 Å². The van der Waals surface area contributed by atoms with Gasteiger partial charge >= 0.3 is 0 Å². The SMILES string of the molecule is CCCCCCCCCCCCCOc1cc(CO)cc(OCCCCCCCCCCCCC)c1OCCCCCCCCCCCCC. The number of rotatable bonds is 40. The maximum absolute atomic E-state index is 10.1. The number of aliphatic hydroxyl groups excluding tert-OH is 1. The lowest BCUT2D eigenvalue weighted by Gasteiger charge is -2.18. The third kappa shape index (κ3) is 28.2. The van der Waals surface area contributed by atoms with Gasteiger partial charge in [0.2, 0.25) is 5.75 Å². The van der Waals surface area contributed by atoms with Crippen LogP contribution in [0.3, 0.4) is 0 Å². The van der Waals surface area contributed by atoms with E-state index in [0.29, 0.717) is 19.8 Å². The van der Waals surface area contributed by atoms with E-state index in [-0.39, 0.29) is 6.61 Å². The van der Waals surface area contributed by atoms with Crippen molar-refractivity contribution in [1.82, 2.24) is 0 Å². The van der Waals surface area contributed by atoms with Gasteiger partial charge < -0.3 is 19.3 Å². The number of hydrogen-bond donors (Lipinski definition) is 1. The molecule has 294 valence electrons. The van der Waals surface area contributed by atoms with E-state index in [2.05, 4.69) is 20.8 Å². The first-order valence-electron chi connectivity index (χ1n) is 22.4. The summed E-state index contributed by atoms with van der Waals surface area (Å²) in [6.45, 7) is 8.87. The van der Waals surface area contributed by atoms with Crippen molar-refractivity contribution in [3.8, 4) is 17.2 Å². The fourth-order valence-electron chi connectivity index (χ4n) is 6.92. The van der Waals surface area contributed by atoms with Gasteiger partial charge in [-0.05, 0) is 37.0 Å². The Hall–Kier alpha value is -1.42. The van der Waals surface area contributed by atoms with Crippen molar-refractivity contribution in [3.05, 3.63) is 17.7 Å². The number of ether oxygens (including phenoxy) is 3. The average molecular weight is 703 g/mol. The summed E-state index contributed by atoms with van der Waals surface area (Å²) in [5, 5.41) is 10.1. The predicted octanol–water partition coefficient (Wildman–Crippen LogP) is 15.2. The maximum Gasteiger partial charge on any atom is 0.203 e. The van der Waals surface area contributed by atoms with E-state index in [1.807, 2.05) is 12.1 Å². The first-order chi connectivity index (χ1) is 24.8. The molecular weight excluding hydrogens is 617 g/mol. The van der Waals surface area contributed by atoms with Crippen LogP contribution in [-0.2, 0) is 6.61 Å². The van der Waals surface area contributed by atoms with Crippen molar-refractivity contribution < 1.29 is 19.3 Å². The zero-order valence-electron chi connectivity index (χ0n) is 34.0. The lowest BCUT2D eigenvalue weighted by molar-refractivity contribution is 0.231. The summed E-state index contributed by atoms with van der Waals surface area (Å²) < 4.78 is 19.1. The maximum atomic E-state index is 10.1. The molecule has 0 unspecified atom stereocenters. The van der Waals surface area contributed by atoms with Crippen molar-refractivity contribution in [2.75, 3.05) is 19.8 Å². The van der Waals surface area contributed by atoms with Crippen molar-refractivity contribution in [1.29, 1.82) is 0 Å². The highest BCUT2D eigenvalue weighted by atomic mass is 16.5. The fourth-order valence-corrected chi connectivity index (χ4v) is 6.92. The molecule has 0 aliphatic carbocycles. The minimum atomic E-state index is -0.0253. The van der Waals surface area contributed by atoms with Crippen LogP contribution in [0.2, 0.25) is 0 Å². The molecule has 0 atom stereocenters. The number of unbranched alkanes of at least 4 members (excludes halogenated alkanes) is 30. The van der Waals surface area contributed by atoms with Crippen LogP contribution in [0.1, 0.15) is 238 Å². The molecule has 0 aromatic heterocycles. The van der Waals surface area contributed by atoms with Crippen LogP contribution in [0, 0.1) is 0 Å². The molecule has 4 heteroatoms. The Bertz CT molecular complexity index is 775. The largest absolute Gasteiger partial charge is 0.490 e. The molecule has 50 heavy (non-hydrogen) atoms. The summed E-state index contributed by atoms with van der Waals surface area (Å²) in [6.07, 6.45) is 43.6. The summed E-state index contributed by atoms with van der Waals surface area (Å²) in [5.41, 5.74) is 0.829. The second-order valence-electron chi connectivity index (χ2n) is 15.2. The zero-order valence-corrected chi connectivity index (χ0v) is 34.0. The van der Waals surface area contributed by atoms with Gasteiger partial charge in [-0.25, -0.2) is 0 Å². The molecule has 0 heterocycles.